The molecule has 3 atom stereocenters. The first-order valence-corrected chi connectivity index (χ1v) is 10.0. The second kappa shape index (κ2) is 11.4. The lowest BCUT2D eigenvalue weighted by Crippen LogP contribution is -2.51. The number of nitrogens with one attached hydrogen (secondary N) is 3. The molecule has 29 heavy (non-hydrogen) atoms. The molecule has 2 rings (SSSR count). The molecule has 0 saturated carbocycles. The van der Waals surface area contributed by atoms with Crippen LogP contribution in [0.2, 0.25) is 0 Å². The number of aliphatic hydroxyl groups is 1. The van der Waals surface area contributed by atoms with E-state index in [1.54, 1.807) is 0 Å². The molecule has 1 aromatic rings. The molecule has 0 unspecified atom stereocenters. The number of carbonyl (C=O) groups excluding carboxylic acids is 3. The minimum absolute atomic E-state index is 0. The molecule has 8 nitrogen and oxygen atoms in total. The summed E-state index contributed by atoms with van der Waals surface area (Å²) in [5, 5.41) is 17.7. The van der Waals surface area contributed by atoms with Crippen molar-refractivity contribution < 1.29 is 25.7 Å². The van der Waals surface area contributed by atoms with E-state index in [0.717, 1.165) is 5.56 Å². The quantitative estimate of drug-likeness (QED) is 0.470. The Kier molecular flexibility index (Phi) is 8.92. The molecule has 0 aliphatic carbocycles. The van der Waals surface area contributed by atoms with Crippen LogP contribution in [-0.4, -0.2) is 48.2 Å². The van der Waals surface area contributed by atoms with Crippen LogP contribution in [0.25, 0.3) is 0 Å². The van der Waals surface area contributed by atoms with Crippen molar-refractivity contribution in [1.82, 2.24) is 16.0 Å². The maximum Gasteiger partial charge on any atom is 0.408 e. The summed E-state index contributed by atoms with van der Waals surface area (Å²) in [6, 6.07) is 7.93. The second-order valence-corrected chi connectivity index (χ2v) is 7.79. The number of rotatable bonds is 10. The van der Waals surface area contributed by atoms with Crippen molar-refractivity contribution in [3.8, 4) is 0 Å². The smallest absolute Gasteiger partial charge is 0.408 e. The Labute approximate surface area is 172 Å². The standard InChI is InChI=1S/C21H31N3O5.H2/c1-14(2)10-18(24-21(28)29-13-15-6-4-3-5-7-15)20(27)23-17(12-25)11-16-8-9-22-19(16)26;/h3-7,14,16-18,25H,8-13H2,1-2H3,(H,22,26)(H,23,27)(H,24,28);1H/t16-,17-,18-;/m0./s1. The highest BCUT2D eigenvalue weighted by molar-refractivity contribution is 5.86. The lowest BCUT2D eigenvalue weighted by atomic mass is 9.97. The van der Waals surface area contributed by atoms with Gasteiger partial charge in [-0.1, -0.05) is 44.2 Å². The van der Waals surface area contributed by atoms with Crippen LogP contribution >= 0.6 is 0 Å². The van der Waals surface area contributed by atoms with Gasteiger partial charge in [-0.15, -0.1) is 0 Å². The van der Waals surface area contributed by atoms with Gasteiger partial charge in [-0.2, -0.15) is 0 Å². The van der Waals surface area contributed by atoms with E-state index < -0.39 is 24.1 Å². The van der Waals surface area contributed by atoms with Crippen LogP contribution < -0.4 is 16.0 Å². The Hall–Kier alpha value is -2.61. The van der Waals surface area contributed by atoms with Crippen molar-refractivity contribution in [2.24, 2.45) is 11.8 Å². The Bertz CT molecular complexity index is 686. The van der Waals surface area contributed by atoms with Crippen LogP contribution in [0, 0.1) is 11.8 Å². The molecule has 1 fully saturated rings. The third-order valence-corrected chi connectivity index (χ3v) is 4.83. The first kappa shape index (κ1) is 22.7. The molecule has 1 aliphatic heterocycles. The fourth-order valence-electron chi connectivity index (χ4n) is 3.30. The molecule has 1 aliphatic rings. The predicted molar refractivity (Wildman–Crippen MR) is 110 cm³/mol. The molecule has 0 spiro atoms. The van der Waals surface area contributed by atoms with Crippen molar-refractivity contribution >= 4 is 17.9 Å². The summed E-state index contributed by atoms with van der Waals surface area (Å²) in [7, 11) is 0. The summed E-state index contributed by atoms with van der Waals surface area (Å²) in [6.45, 7) is 4.34. The van der Waals surface area contributed by atoms with Gasteiger partial charge in [-0.05, 0) is 30.7 Å². The fraction of sp³-hybridized carbons (Fsp3) is 0.571. The summed E-state index contributed by atoms with van der Waals surface area (Å²) in [5.74, 6) is -0.514. The van der Waals surface area contributed by atoms with E-state index in [9.17, 15) is 19.5 Å². The van der Waals surface area contributed by atoms with E-state index in [2.05, 4.69) is 16.0 Å². The minimum atomic E-state index is -0.787. The molecule has 8 heteroatoms. The molecule has 1 aromatic carbocycles. The van der Waals surface area contributed by atoms with Crippen molar-refractivity contribution in [3.05, 3.63) is 35.9 Å². The number of benzene rings is 1. The molecule has 0 radical (unpaired) electrons. The minimum Gasteiger partial charge on any atom is -0.445 e. The molecule has 1 saturated heterocycles. The third kappa shape index (κ3) is 7.73. The van der Waals surface area contributed by atoms with Gasteiger partial charge in [-0.25, -0.2) is 4.79 Å². The van der Waals surface area contributed by atoms with Crippen LogP contribution in [0.5, 0.6) is 0 Å². The molecule has 1 heterocycles. The normalized spacial score (nSPS) is 18.1. The number of hydrogen-bond donors (Lipinski definition) is 4. The van der Waals surface area contributed by atoms with Crippen LogP contribution in [-0.2, 0) is 20.9 Å². The van der Waals surface area contributed by atoms with Crippen molar-refractivity contribution in [3.63, 3.8) is 0 Å². The van der Waals surface area contributed by atoms with Gasteiger partial charge in [0.2, 0.25) is 11.8 Å². The zero-order valence-electron chi connectivity index (χ0n) is 17.0. The first-order valence-electron chi connectivity index (χ1n) is 10.0. The Balaban J connectivity index is 0.00000450. The summed E-state index contributed by atoms with van der Waals surface area (Å²) < 4.78 is 5.21. The monoisotopic (exact) mass is 407 g/mol. The number of carbonyl (C=O) groups is 3. The molecule has 3 amide bonds. The van der Waals surface area contributed by atoms with Crippen LogP contribution in [0.3, 0.4) is 0 Å². The van der Waals surface area contributed by atoms with E-state index >= 15 is 0 Å². The summed E-state index contributed by atoms with van der Waals surface area (Å²) >= 11 is 0. The van der Waals surface area contributed by atoms with E-state index in [-0.39, 0.29) is 32.4 Å². The number of alkyl carbamates (subject to hydrolysis) is 1. The molecule has 0 aromatic heterocycles. The zero-order valence-corrected chi connectivity index (χ0v) is 17.0. The highest BCUT2D eigenvalue weighted by atomic mass is 16.5. The molecular weight excluding hydrogens is 374 g/mol. The van der Waals surface area contributed by atoms with Crippen LogP contribution in [0.15, 0.2) is 30.3 Å². The van der Waals surface area contributed by atoms with Gasteiger partial charge in [-0.3, -0.25) is 9.59 Å². The second-order valence-electron chi connectivity index (χ2n) is 7.79. The van der Waals surface area contributed by atoms with E-state index in [1.165, 1.54) is 0 Å². The van der Waals surface area contributed by atoms with Crippen molar-refractivity contribution in [1.29, 1.82) is 0 Å². The Morgan fingerprint density at radius 3 is 2.59 bits per heavy atom. The predicted octanol–water partition coefficient (Wildman–Crippen LogP) is 1.58. The van der Waals surface area contributed by atoms with E-state index in [1.807, 2.05) is 44.2 Å². The van der Waals surface area contributed by atoms with Gasteiger partial charge in [0.25, 0.3) is 0 Å². The van der Waals surface area contributed by atoms with E-state index in [4.69, 9.17) is 4.74 Å². The molecule has 162 valence electrons. The lowest BCUT2D eigenvalue weighted by molar-refractivity contribution is -0.126. The van der Waals surface area contributed by atoms with Crippen molar-refractivity contribution in [2.45, 2.75) is 51.8 Å². The third-order valence-electron chi connectivity index (χ3n) is 4.83. The molecular formula is C21H33N3O5. The van der Waals surface area contributed by atoms with Gasteiger partial charge < -0.3 is 25.8 Å². The summed E-state index contributed by atoms with van der Waals surface area (Å²) in [6.07, 6.45) is 0.797. The molecule has 4 N–H and O–H groups in total. The summed E-state index contributed by atoms with van der Waals surface area (Å²) in [5.41, 5.74) is 0.850. The van der Waals surface area contributed by atoms with Gasteiger partial charge in [0, 0.05) is 13.9 Å². The largest absolute Gasteiger partial charge is 0.445 e. The topological polar surface area (TPSA) is 117 Å². The van der Waals surface area contributed by atoms with Gasteiger partial charge in [0.1, 0.15) is 12.6 Å². The average molecular weight is 408 g/mol. The lowest BCUT2D eigenvalue weighted by Gasteiger charge is -2.24. The maximum atomic E-state index is 12.7. The van der Waals surface area contributed by atoms with Crippen molar-refractivity contribution in [2.75, 3.05) is 13.2 Å². The molecule has 0 bridgehead atoms. The van der Waals surface area contributed by atoms with E-state index in [0.29, 0.717) is 25.8 Å². The first-order chi connectivity index (χ1) is 13.9. The van der Waals surface area contributed by atoms with Gasteiger partial charge >= 0.3 is 6.09 Å². The summed E-state index contributed by atoms with van der Waals surface area (Å²) in [4.78, 5) is 36.6. The number of amides is 3. The zero-order chi connectivity index (χ0) is 21.2. The highest BCUT2D eigenvalue weighted by Gasteiger charge is 2.30. The fourth-order valence-corrected chi connectivity index (χ4v) is 3.30. The number of hydrogen-bond acceptors (Lipinski definition) is 5. The number of ether oxygens (including phenoxy) is 1. The highest BCUT2D eigenvalue weighted by Crippen LogP contribution is 2.16. The van der Waals surface area contributed by atoms with Crippen LogP contribution in [0.1, 0.15) is 40.1 Å². The Morgan fingerprint density at radius 2 is 2.00 bits per heavy atom. The maximum absolute atomic E-state index is 12.7. The van der Waals surface area contributed by atoms with Gasteiger partial charge in [0.05, 0.1) is 12.6 Å². The number of aliphatic hydroxyl groups excluding tert-OH is 1. The SMILES string of the molecule is CC(C)C[C@H](NC(=O)OCc1ccccc1)C(=O)N[C@H](CO)C[C@@H]1CCNC1=O.[HH]. The van der Waals surface area contributed by atoms with Gasteiger partial charge in [0.15, 0.2) is 0 Å². The van der Waals surface area contributed by atoms with Crippen LogP contribution in [0.4, 0.5) is 4.79 Å². The average Bonchev–Trinajstić information content (AvgIpc) is 3.10. The Morgan fingerprint density at radius 1 is 1.28 bits per heavy atom.